The van der Waals surface area contributed by atoms with Crippen molar-refractivity contribution in [1.82, 2.24) is 9.88 Å². The van der Waals surface area contributed by atoms with Crippen molar-refractivity contribution in [2.45, 2.75) is 52.7 Å². The highest BCUT2D eigenvalue weighted by atomic mass is 16.5. The number of aryl methyl sites for hydroxylation is 1. The van der Waals surface area contributed by atoms with E-state index in [1.165, 1.54) is 11.1 Å². The zero-order valence-electron chi connectivity index (χ0n) is 17.2. The van der Waals surface area contributed by atoms with Gasteiger partial charge < -0.3 is 14.6 Å². The van der Waals surface area contributed by atoms with Gasteiger partial charge in [0.25, 0.3) is 0 Å². The minimum atomic E-state index is -0.256. The van der Waals surface area contributed by atoms with Crippen LogP contribution in [0.4, 0.5) is 0 Å². The number of fused-ring (bicyclic) bond motifs is 1. The number of carbonyl (C=O) groups is 1. The fraction of sp³-hybridized carbons (Fsp3) is 0.375. The summed E-state index contributed by atoms with van der Waals surface area (Å²) in [6.07, 6.45) is 0.930. The van der Waals surface area contributed by atoms with Gasteiger partial charge in [0.2, 0.25) is 0 Å². The smallest absolute Gasteiger partial charge is 0.354 e. The average molecular weight is 379 g/mol. The molecule has 4 nitrogen and oxygen atoms in total. The van der Waals surface area contributed by atoms with Crippen molar-refractivity contribution >= 4 is 16.9 Å². The molecule has 0 aliphatic heterocycles. The summed E-state index contributed by atoms with van der Waals surface area (Å²) in [6.45, 7) is 9.42. The Morgan fingerprint density at radius 2 is 1.82 bits per heavy atom. The molecular weight excluding hydrogens is 348 g/mol. The van der Waals surface area contributed by atoms with Crippen LogP contribution in [0.15, 0.2) is 54.6 Å². The topological polar surface area (TPSA) is 43.3 Å². The van der Waals surface area contributed by atoms with Gasteiger partial charge in [0.05, 0.1) is 6.61 Å². The molecule has 0 saturated heterocycles. The third-order valence-corrected chi connectivity index (χ3v) is 5.14. The van der Waals surface area contributed by atoms with E-state index < -0.39 is 0 Å². The number of esters is 1. The van der Waals surface area contributed by atoms with Crippen LogP contribution in [0.3, 0.4) is 0 Å². The molecule has 3 aromatic rings. The molecule has 0 radical (unpaired) electrons. The summed E-state index contributed by atoms with van der Waals surface area (Å²) in [5.74, 6) is -0.256. The first kappa shape index (κ1) is 20.2. The Morgan fingerprint density at radius 3 is 2.50 bits per heavy atom. The molecule has 3 rings (SSSR count). The number of rotatable bonds is 8. The Kier molecular flexibility index (Phi) is 6.53. The Hall–Kier alpha value is -2.59. The van der Waals surface area contributed by atoms with E-state index in [2.05, 4.69) is 61.6 Å². The zero-order chi connectivity index (χ0) is 20.1. The van der Waals surface area contributed by atoms with Crippen molar-refractivity contribution < 1.29 is 9.53 Å². The number of nitrogens with zero attached hydrogens (tertiary/aromatic N) is 1. The maximum atomic E-state index is 12.3. The van der Waals surface area contributed by atoms with E-state index in [1.807, 2.05) is 30.5 Å². The zero-order valence-corrected chi connectivity index (χ0v) is 17.2. The molecule has 0 spiro atoms. The van der Waals surface area contributed by atoms with Gasteiger partial charge in [-0.05, 0) is 63.4 Å². The molecule has 4 heteroatoms. The first-order valence-corrected chi connectivity index (χ1v) is 10.1. The molecule has 0 aliphatic carbocycles. The van der Waals surface area contributed by atoms with Crippen molar-refractivity contribution in [2.24, 2.45) is 0 Å². The predicted molar refractivity (Wildman–Crippen MR) is 115 cm³/mol. The van der Waals surface area contributed by atoms with Crippen molar-refractivity contribution in [3.8, 4) is 0 Å². The first-order chi connectivity index (χ1) is 13.5. The third kappa shape index (κ3) is 4.45. The third-order valence-electron chi connectivity index (χ3n) is 5.14. The van der Waals surface area contributed by atoms with Gasteiger partial charge in [0, 0.05) is 29.5 Å². The second kappa shape index (κ2) is 9.07. The van der Waals surface area contributed by atoms with Gasteiger partial charge in [-0.2, -0.15) is 0 Å². The molecule has 0 amide bonds. The standard InChI is InChI=1S/C24H30N2O2/c1-5-26-22-13-12-19(15-21(22)16-23(26)24(27)28-6-2)14-17(3)25-18(4)20-10-8-7-9-11-20/h7-13,15-18,25H,5-6,14H2,1-4H3. The Morgan fingerprint density at radius 1 is 1.07 bits per heavy atom. The van der Waals surface area contributed by atoms with Crippen molar-refractivity contribution in [2.75, 3.05) is 6.61 Å². The number of nitrogens with one attached hydrogen (secondary N) is 1. The van der Waals surface area contributed by atoms with Crippen molar-refractivity contribution in [3.05, 3.63) is 71.4 Å². The van der Waals surface area contributed by atoms with Crippen molar-refractivity contribution in [3.63, 3.8) is 0 Å². The van der Waals surface area contributed by atoms with E-state index in [-0.39, 0.29) is 5.97 Å². The summed E-state index contributed by atoms with van der Waals surface area (Å²) in [5, 5.41) is 4.76. The highest BCUT2D eigenvalue weighted by Gasteiger charge is 2.16. The molecule has 0 aliphatic rings. The minimum absolute atomic E-state index is 0.256. The van der Waals surface area contributed by atoms with Crippen molar-refractivity contribution in [1.29, 1.82) is 0 Å². The summed E-state index contributed by atoms with van der Waals surface area (Å²) < 4.78 is 7.23. The summed E-state index contributed by atoms with van der Waals surface area (Å²) in [6, 6.07) is 19.6. The van der Waals surface area contributed by atoms with Gasteiger partial charge in [-0.3, -0.25) is 0 Å². The van der Waals surface area contributed by atoms with Crippen LogP contribution in [0.1, 0.15) is 55.4 Å². The van der Waals surface area contributed by atoms with Gasteiger partial charge in [0.1, 0.15) is 5.69 Å². The van der Waals surface area contributed by atoms with Crippen LogP contribution in [-0.2, 0) is 17.7 Å². The second-order valence-corrected chi connectivity index (χ2v) is 7.29. The molecule has 148 valence electrons. The molecule has 0 fully saturated rings. The second-order valence-electron chi connectivity index (χ2n) is 7.29. The van der Waals surface area contributed by atoms with E-state index in [1.54, 1.807) is 0 Å². The highest BCUT2D eigenvalue weighted by molar-refractivity contribution is 5.95. The van der Waals surface area contributed by atoms with Gasteiger partial charge in [0.15, 0.2) is 0 Å². The van der Waals surface area contributed by atoms with Crippen LogP contribution in [0.25, 0.3) is 10.9 Å². The summed E-state index contributed by atoms with van der Waals surface area (Å²) in [5.41, 5.74) is 4.26. The van der Waals surface area contributed by atoms with Gasteiger partial charge in [-0.1, -0.05) is 36.4 Å². The molecule has 0 saturated carbocycles. The largest absolute Gasteiger partial charge is 0.461 e. The van der Waals surface area contributed by atoms with Crippen LogP contribution in [0, 0.1) is 0 Å². The SMILES string of the molecule is CCOC(=O)c1cc2cc(CC(C)NC(C)c3ccccc3)ccc2n1CC. The lowest BCUT2D eigenvalue weighted by atomic mass is 10.0. The Bertz CT molecular complexity index is 930. The predicted octanol–water partition coefficient (Wildman–Crippen LogP) is 5.12. The Balaban J connectivity index is 1.75. The number of benzene rings is 2. The molecule has 1 heterocycles. The number of hydrogen-bond acceptors (Lipinski definition) is 3. The average Bonchev–Trinajstić information content (AvgIpc) is 3.06. The van der Waals surface area contributed by atoms with E-state index in [9.17, 15) is 4.79 Å². The molecule has 0 bridgehead atoms. The first-order valence-electron chi connectivity index (χ1n) is 10.1. The maximum absolute atomic E-state index is 12.3. The molecule has 1 aromatic heterocycles. The van der Waals surface area contributed by atoms with Crippen LogP contribution < -0.4 is 5.32 Å². The quantitative estimate of drug-likeness (QED) is 0.553. The fourth-order valence-corrected chi connectivity index (χ4v) is 3.84. The highest BCUT2D eigenvalue weighted by Crippen LogP contribution is 2.23. The number of hydrogen-bond donors (Lipinski definition) is 1. The maximum Gasteiger partial charge on any atom is 0.354 e. The van der Waals surface area contributed by atoms with Crippen LogP contribution in [-0.4, -0.2) is 23.2 Å². The molecular formula is C24H30N2O2. The lowest BCUT2D eigenvalue weighted by Crippen LogP contribution is -2.30. The lowest BCUT2D eigenvalue weighted by Gasteiger charge is -2.20. The number of aromatic nitrogens is 1. The molecule has 2 unspecified atom stereocenters. The van der Waals surface area contributed by atoms with E-state index in [4.69, 9.17) is 4.74 Å². The molecule has 2 atom stereocenters. The van der Waals surface area contributed by atoms with Gasteiger partial charge in [-0.25, -0.2) is 4.79 Å². The fourth-order valence-electron chi connectivity index (χ4n) is 3.84. The number of carbonyl (C=O) groups excluding carboxylic acids is 1. The lowest BCUT2D eigenvalue weighted by molar-refractivity contribution is 0.0514. The van der Waals surface area contributed by atoms with Gasteiger partial charge in [-0.15, -0.1) is 0 Å². The van der Waals surface area contributed by atoms with E-state index in [0.29, 0.717) is 24.4 Å². The van der Waals surface area contributed by atoms with E-state index in [0.717, 1.165) is 23.9 Å². The van der Waals surface area contributed by atoms with Crippen LogP contribution in [0.5, 0.6) is 0 Å². The summed E-state index contributed by atoms with van der Waals surface area (Å²) >= 11 is 0. The minimum Gasteiger partial charge on any atom is -0.461 e. The normalized spacial score (nSPS) is 13.4. The molecule has 2 aromatic carbocycles. The molecule has 28 heavy (non-hydrogen) atoms. The van der Waals surface area contributed by atoms with E-state index >= 15 is 0 Å². The van der Waals surface area contributed by atoms with Gasteiger partial charge >= 0.3 is 5.97 Å². The van der Waals surface area contributed by atoms with Crippen LogP contribution in [0.2, 0.25) is 0 Å². The summed E-state index contributed by atoms with van der Waals surface area (Å²) in [7, 11) is 0. The Labute approximate surface area is 167 Å². The van der Waals surface area contributed by atoms with Crippen LogP contribution >= 0.6 is 0 Å². The monoisotopic (exact) mass is 378 g/mol. The summed E-state index contributed by atoms with van der Waals surface area (Å²) in [4.78, 5) is 12.3. The number of ether oxygens (including phenoxy) is 1. The molecule has 1 N–H and O–H groups in total.